The number of rotatable bonds is 11. The van der Waals surface area contributed by atoms with Crippen molar-refractivity contribution in [3.05, 3.63) is 120 Å². The number of carbonyl (C=O) groups excluding carboxylic acids is 2. The van der Waals surface area contributed by atoms with Gasteiger partial charge in [-0.25, -0.2) is 8.78 Å². The van der Waals surface area contributed by atoms with Crippen LogP contribution in [-0.4, -0.2) is 24.0 Å². The lowest BCUT2D eigenvalue weighted by Crippen LogP contribution is -2.55. The van der Waals surface area contributed by atoms with Gasteiger partial charge in [0.2, 0.25) is 5.91 Å². The van der Waals surface area contributed by atoms with Gasteiger partial charge in [-0.15, -0.1) is 0 Å². The largest absolute Gasteiger partial charge is 0.489 e. The van der Waals surface area contributed by atoms with Crippen LogP contribution in [0.15, 0.2) is 103 Å². The fourth-order valence-corrected chi connectivity index (χ4v) is 5.45. The molecule has 0 saturated carbocycles. The van der Waals surface area contributed by atoms with Crippen LogP contribution in [0.2, 0.25) is 0 Å². The number of nitrogens with zero attached hydrogens (tertiary/aromatic N) is 1. The van der Waals surface area contributed by atoms with E-state index in [1.165, 1.54) is 24.3 Å². The van der Waals surface area contributed by atoms with E-state index in [2.05, 4.69) is 0 Å². The van der Waals surface area contributed by atoms with Gasteiger partial charge in [-0.3, -0.25) is 9.59 Å². The van der Waals surface area contributed by atoms with Gasteiger partial charge in [0, 0.05) is 11.6 Å². The quantitative estimate of drug-likeness (QED) is 0.207. The minimum Gasteiger partial charge on any atom is -0.489 e. The van der Waals surface area contributed by atoms with Gasteiger partial charge in [0.15, 0.2) is 0 Å². The lowest BCUT2D eigenvalue weighted by Gasteiger charge is -2.48. The molecule has 1 aliphatic carbocycles. The van der Waals surface area contributed by atoms with Crippen LogP contribution in [0.4, 0.5) is 14.5 Å². The Bertz CT molecular complexity index is 1440. The molecule has 5 atom stereocenters. The molecule has 42 heavy (non-hydrogen) atoms. The minimum absolute atomic E-state index is 0.0987. The van der Waals surface area contributed by atoms with E-state index >= 15 is 0 Å². The highest BCUT2D eigenvalue weighted by Crippen LogP contribution is 2.46. The van der Waals surface area contributed by atoms with Gasteiger partial charge in [0.1, 0.15) is 36.1 Å². The zero-order valence-electron chi connectivity index (χ0n) is 23.4. The Kier molecular flexibility index (Phi) is 9.12. The summed E-state index contributed by atoms with van der Waals surface area (Å²) in [6, 6.07) is 22.2. The summed E-state index contributed by atoms with van der Waals surface area (Å²) in [5, 5.41) is 0. The first kappa shape index (κ1) is 29.2. The average Bonchev–Trinajstić information content (AvgIpc) is 3.00. The molecule has 5 rings (SSSR count). The number of esters is 1. The van der Waals surface area contributed by atoms with Crippen molar-refractivity contribution in [3.8, 4) is 5.75 Å². The number of benzene rings is 3. The van der Waals surface area contributed by atoms with E-state index in [1.807, 2.05) is 54.6 Å². The molecule has 0 radical (unpaired) electrons. The Morgan fingerprint density at radius 2 is 1.74 bits per heavy atom. The zero-order chi connectivity index (χ0) is 29.6. The Hall–Kier alpha value is -4.30. The molecule has 2 aliphatic rings. The van der Waals surface area contributed by atoms with Crippen LogP contribution in [0.1, 0.15) is 43.4 Å². The minimum atomic E-state index is -0.804. The number of carbonyl (C=O) groups is 2. The van der Waals surface area contributed by atoms with Gasteiger partial charge in [-0.1, -0.05) is 48.5 Å². The zero-order valence-corrected chi connectivity index (χ0v) is 23.4. The Morgan fingerprint density at radius 3 is 2.38 bits per heavy atom. The molecule has 1 fully saturated rings. The third-order valence-electron chi connectivity index (χ3n) is 7.76. The highest BCUT2D eigenvalue weighted by molar-refractivity contribution is 6.03. The lowest BCUT2D eigenvalue weighted by atomic mass is 9.77. The molecule has 0 aromatic heterocycles. The van der Waals surface area contributed by atoms with Gasteiger partial charge in [-0.05, 0) is 85.9 Å². The third-order valence-corrected chi connectivity index (χ3v) is 7.76. The number of nitrogens with two attached hydrogens (primary N) is 1. The summed E-state index contributed by atoms with van der Waals surface area (Å²) >= 11 is 0. The monoisotopic (exact) mass is 572 g/mol. The van der Waals surface area contributed by atoms with Crippen molar-refractivity contribution in [2.75, 3.05) is 4.90 Å². The predicted octanol–water partition coefficient (Wildman–Crippen LogP) is 6.58. The molecule has 8 heteroatoms. The fourth-order valence-electron chi connectivity index (χ4n) is 5.45. The first-order valence-electron chi connectivity index (χ1n) is 14.2. The molecule has 1 amide bonds. The highest BCUT2D eigenvalue weighted by Gasteiger charge is 2.48. The molecule has 1 unspecified atom stereocenters. The molecule has 3 aromatic rings. The lowest BCUT2D eigenvalue weighted by molar-refractivity contribution is -0.152. The summed E-state index contributed by atoms with van der Waals surface area (Å²) in [5.74, 6) is -1.28. The number of amides is 1. The van der Waals surface area contributed by atoms with Crippen LogP contribution in [0, 0.1) is 17.7 Å². The number of β-lactam (4-membered cyclic amide) rings is 1. The summed E-state index contributed by atoms with van der Waals surface area (Å²) < 4.78 is 39.0. The van der Waals surface area contributed by atoms with E-state index in [0.29, 0.717) is 37.3 Å². The van der Waals surface area contributed by atoms with Crippen molar-refractivity contribution in [2.45, 2.75) is 51.0 Å². The van der Waals surface area contributed by atoms with Gasteiger partial charge < -0.3 is 20.1 Å². The van der Waals surface area contributed by atoms with E-state index in [4.69, 9.17) is 15.2 Å². The number of hydrogen-bond acceptors (Lipinski definition) is 5. The summed E-state index contributed by atoms with van der Waals surface area (Å²) in [6.45, 7) is 1.98. The fraction of sp³-hybridized carbons (Fsp3) is 0.294. The second kappa shape index (κ2) is 13.1. The van der Waals surface area contributed by atoms with Crippen molar-refractivity contribution < 1.29 is 27.8 Å². The van der Waals surface area contributed by atoms with Crippen molar-refractivity contribution in [3.63, 3.8) is 0 Å². The molecular formula is C34H34F2N2O4. The van der Waals surface area contributed by atoms with Crippen LogP contribution in [0.3, 0.4) is 0 Å². The molecule has 2 N–H and O–H groups in total. The van der Waals surface area contributed by atoms with Crippen LogP contribution in [-0.2, 0) is 20.9 Å². The van der Waals surface area contributed by atoms with Gasteiger partial charge >= 0.3 is 5.97 Å². The molecule has 218 valence electrons. The van der Waals surface area contributed by atoms with Crippen molar-refractivity contribution in [2.24, 2.45) is 17.6 Å². The predicted molar refractivity (Wildman–Crippen MR) is 157 cm³/mol. The molecule has 0 bridgehead atoms. The van der Waals surface area contributed by atoms with Gasteiger partial charge in [0.25, 0.3) is 0 Å². The maximum Gasteiger partial charge on any atom is 0.322 e. The summed E-state index contributed by atoms with van der Waals surface area (Å²) in [5.41, 5.74) is 8.31. The second-order valence-corrected chi connectivity index (χ2v) is 10.8. The van der Waals surface area contributed by atoms with Gasteiger partial charge in [0.05, 0.1) is 12.0 Å². The van der Waals surface area contributed by atoms with Crippen LogP contribution in [0.5, 0.6) is 5.75 Å². The maximum absolute atomic E-state index is 13.7. The first-order valence-corrected chi connectivity index (χ1v) is 14.2. The van der Waals surface area contributed by atoms with E-state index in [9.17, 15) is 18.4 Å². The molecule has 3 aromatic carbocycles. The summed E-state index contributed by atoms with van der Waals surface area (Å²) in [7, 11) is 0. The van der Waals surface area contributed by atoms with Crippen molar-refractivity contribution >= 4 is 17.6 Å². The number of hydrogen-bond donors (Lipinski definition) is 1. The molecule has 1 heterocycles. The highest BCUT2D eigenvalue weighted by atomic mass is 19.1. The topological polar surface area (TPSA) is 81.9 Å². The molecule has 1 saturated heterocycles. The molecule has 6 nitrogen and oxygen atoms in total. The first-order chi connectivity index (χ1) is 20.3. The summed E-state index contributed by atoms with van der Waals surface area (Å²) in [6.07, 6.45) is 5.18. The van der Waals surface area contributed by atoms with Crippen molar-refractivity contribution in [1.82, 2.24) is 0 Å². The van der Waals surface area contributed by atoms with Crippen LogP contribution >= 0.6 is 0 Å². The van der Waals surface area contributed by atoms with E-state index < -0.39 is 24.0 Å². The van der Waals surface area contributed by atoms with E-state index in [-0.39, 0.29) is 29.5 Å². The molecular weight excluding hydrogens is 538 g/mol. The summed E-state index contributed by atoms with van der Waals surface area (Å²) in [4.78, 5) is 27.6. The number of anilines is 1. The normalized spacial score (nSPS) is 21.2. The Balaban J connectivity index is 1.34. The van der Waals surface area contributed by atoms with Crippen LogP contribution < -0.4 is 15.4 Å². The second-order valence-electron chi connectivity index (χ2n) is 10.8. The van der Waals surface area contributed by atoms with Crippen molar-refractivity contribution in [1.29, 1.82) is 0 Å². The number of halogens is 2. The third kappa shape index (κ3) is 6.77. The molecule has 0 spiro atoms. The van der Waals surface area contributed by atoms with E-state index in [1.54, 1.807) is 30.0 Å². The maximum atomic E-state index is 13.7. The van der Waals surface area contributed by atoms with Gasteiger partial charge in [-0.2, -0.15) is 0 Å². The SMILES string of the molecule is C[C@H](N)C(=O)O[C@@H](CC[C@H]1C(=O)N(c2ccc(F)cc2)[C@@H]1c1ccc(OCc2ccccc2)cc1)C1C=CC(F)=CC1. The Labute approximate surface area is 244 Å². The molecule has 1 aliphatic heterocycles. The van der Waals surface area contributed by atoms with E-state index in [0.717, 1.165) is 11.1 Å². The number of ether oxygens (including phenoxy) is 2. The van der Waals surface area contributed by atoms with Crippen LogP contribution in [0.25, 0.3) is 0 Å². The average molecular weight is 573 g/mol. The Morgan fingerprint density at radius 1 is 1.02 bits per heavy atom. The number of allylic oxidation sites excluding steroid dienone is 3. The smallest absolute Gasteiger partial charge is 0.322 e. The standard InChI is InChI=1S/C34H34F2N2O4/c1-22(37)34(40)42-31(24-7-11-26(35)12-8-24)20-19-30-32(38(33(30)39)28-15-13-27(36)14-16-28)25-9-17-29(18-10-25)41-21-23-5-3-2-4-6-23/h2-7,9-18,22,24,30-32H,8,19-21,37H2,1H3/t22-,24?,30+,31-,32+/m0/s1.